The van der Waals surface area contributed by atoms with Crippen LogP contribution in [0.25, 0.3) is 17.2 Å². The Labute approximate surface area is 152 Å². The van der Waals surface area contributed by atoms with Gasteiger partial charge in [-0.15, -0.1) is 5.10 Å². The molecule has 0 fully saturated rings. The van der Waals surface area contributed by atoms with Crippen molar-refractivity contribution in [2.75, 3.05) is 0 Å². The summed E-state index contributed by atoms with van der Waals surface area (Å²) in [5, 5.41) is 8.07. The van der Waals surface area contributed by atoms with Crippen molar-refractivity contribution < 1.29 is 34.8 Å². The van der Waals surface area contributed by atoms with Crippen LogP contribution in [0.5, 0.6) is 0 Å². The Morgan fingerprint density at radius 2 is 1.64 bits per heavy atom. The summed E-state index contributed by atoms with van der Waals surface area (Å²) in [6.07, 6.45) is -4.32. The van der Waals surface area contributed by atoms with E-state index < -0.39 is 61.6 Å². The van der Waals surface area contributed by atoms with Crippen LogP contribution in [0.4, 0.5) is 26.3 Å². The van der Waals surface area contributed by atoms with E-state index in [-0.39, 0.29) is 6.07 Å². The van der Waals surface area contributed by atoms with Crippen molar-refractivity contribution in [3.8, 4) is 17.2 Å². The normalized spacial score (nSPS) is 12.4. The van der Waals surface area contributed by atoms with Gasteiger partial charge in [0.15, 0.2) is 23.3 Å². The third-order valence-corrected chi connectivity index (χ3v) is 4.28. The molecule has 1 aromatic carbocycles. The minimum absolute atomic E-state index is 0.133. The third kappa shape index (κ3) is 3.68. The molecule has 0 saturated heterocycles. The topological polar surface area (TPSA) is 104 Å². The molecule has 2 heterocycles. The number of sulfonamides is 1. The third-order valence-electron chi connectivity index (χ3n) is 3.38. The van der Waals surface area contributed by atoms with E-state index >= 15 is 0 Å². The van der Waals surface area contributed by atoms with Crippen LogP contribution in [0, 0.1) is 17.5 Å². The second kappa shape index (κ2) is 6.56. The van der Waals surface area contributed by atoms with Gasteiger partial charge >= 0.3 is 6.18 Å². The lowest BCUT2D eigenvalue weighted by Gasteiger charge is -2.07. The summed E-state index contributed by atoms with van der Waals surface area (Å²) >= 11 is 0. The molecule has 0 bridgehead atoms. The van der Waals surface area contributed by atoms with Gasteiger partial charge in [0, 0.05) is 12.3 Å². The Kier molecular flexibility index (Phi) is 4.63. The molecule has 0 unspecified atom stereocenters. The van der Waals surface area contributed by atoms with Gasteiger partial charge in [-0.1, -0.05) is 0 Å². The number of rotatable bonds is 3. The smallest absolute Gasteiger partial charge is 0.236 e. The maximum Gasteiger partial charge on any atom is 0.453 e. The van der Waals surface area contributed by atoms with Crippen molar-refractivity contribution >= 4 is 10.0 Å². The van der Waals surface area contributed by atoms with Crippen LogP contribution in [-0.2, 0) is 16.2 Å². The minimum Gasteiger partial charge on any atom is -0.236 e. The van der Waals surface area contributed by atoms with Crippen LogP contribution in [0.2, 0.25) is 0 Å². The average Bonchev–Trinajstić information content (AvgIpc) is 3.03. The predicted octanol–water partition coefficient (Wildman–Crippen LogP) is 2.41. The second-order valence-corrected chi connectivity index (χ2v) is 6.87. The van der Waals surface area contributed by atoms with Gasteiger partial charge in [0.25, 0.3) is 5.82 Å². The molecule has 28 heavy (non-hydrogen) atoms. The molecule has 0 spiro atoms. The molecule has 0 atom stereocenters. The molecule has 2 aromatic heterocycles. The fourth-order valence-corrected chi connectivity index (χ4v) is 2.58. The highest BCUT2D eigenvalue weighted by Crippen LogP contribution is 2.31. The van der Waals surface area contributed by atoms with Crippen LogP contribution in [0.3, 0.4) is 0 Å². The van der Waals surface area contributed by atoms with Gasteiger partial charge in [0.2, 0.25) is 10.0 Å². The number of halogens is 6. The van der Waals surface area contributed by atoms with Gasteiger partial charge in [-0.05, 0) is 18.2 Å². The largest absolute Gasteiger partial charge is 0.453 e. The Morgan fingerprint density at radius 3 is 2.18 bits per heavy atom. The molecule has 0 amide bonds. The summed E-state index contributed by atoms with van der Waals surface area (Å²) < 4.78 is 103. The van der Waals surface area contributed by atoms with E-state index in [1.54, 1.807) is 0 Å². The average molecular weight is 423 g/mol. The molecule has 148 valence electrons. The zero-order valence-electron chi connectivity index (χ0n) is 13.2. The number of nitrogens with zero attached hydrogens (tertiary/aromatic N) is 4. The van der Waals surface area contributed by atoms with Gasteiger partial charge in [0.05, 0.1) is 5.56 Å². The van der Waals surface area contributed by atoms with Gasteiger partial charge in [-0.25, -0.2) is 36.7 Å². The van der Waals surface area contributed by atoms with Gasteiger partial charge < -0.3 is 0 Å². The van der Waals surface area contributed by atoms with Gasteiger partial charge in [0.1, 0.15) is 10.7 Å². The maximum absolute atomic E-state index is 14.1. The lowest BCUT2D eigenvalue weighted by Crippen LogP contribution is -2.13. The lowest BCUT2D eigenvalue weighted by molar-refractivity contribution is -0.144. The van der Waals surface area contributed by atoms with E-state index in [0.29, 0.717) is 10.7 Å². The van der Waals surface area contributed by atoms with Crippen LogP contribution in [-0.4, -0.2) is 28.2 Å². The molecule has 0 aliphatic heterocycles. The summed E-state index contributed by atoms with van der Waals surface area (Å²) in [4.78, 5) is 6.31. The van der Waals surface area contributed by atoms with Crippen LogP contribution in [0.1, 0.15) is 5.82 Å². The summed E-state index contributed by atoms with van der Waals surface area (Å²) in [6.45, 7) is 0. The van der Waals surface area contributed by atoms with Crippen molar-refractivity contribution in [1.82, 2.24) is 19.7 Å². The molecule has 14 heteroatoms. The van der Waals surface area contributed by atoms with Crippen molar-refractivity contribution in [3.05, 3.63) is 53.7 Å². The van der Waals surface area contributed by atoms with E-state index in [1.165, 1.54) is 0 Å². The first kappa shape index (κ1) is 19.8. The molecular formula is C14H7F6N5O2S. The zero-order valence-corrected chi connectivity index (χ0v) is 14.1. The highest BCUT2D eigenvalue weighted by molar-refractivity contribution is 7.89. The van der Waals surface area contributed by atoms with E-state index in [0.717, 1.165) is 18.3 Å². The van der Waals surface area contributed by atoms with E-state index in [4.69, 9.17) is 5.14 Å². The first-order chi connectivity index (χ1) is 12.9. The van der Waals surface area contributed by atoms with Crippen LogP contribution < -0.4 is 5.14 Å². The van der Waals surface area contributed by atoms with Crippen molar-refractivity contribution in [3.63, 3.8) is 0 Å². The lowest BCUT2D eigenvalue weighted by atomic mass is 10.2. The molecule has 0 radical (unpaired) electrons. The minimum atomic E-state index is -5.05. The monoisotopic (exact) mass is 423 g/mol. The fourth-order valence-electron chi connectivity index (χ4n) is 2.13. The molecule has 0 aliphatic rings. The van der Waals surface area contributed by atoms with Crippen molar-refractivity contribution in [1.29, 1.82) is 0 Å². The SMILES string of the molecule is NS(=O)(=O)c1ccc(-n2nc(C(F)(F)F)nc2-c2cc(F)c(F)cc2F)nc1. The highest BCUT2D eigenvalue weighted by Gasteiger charge is 2.38. The number of benzene rings is 1. The zero-order chi connectivity index (χ0) is 20.9. The predicted molar refractivity (Wildman–Crippen MR) is 80.8 cm³/mol. The quantitative estimate of drug-likeness (QED) is 0.515. The maximum atomic E-state index is 14.1. The standard InChI is InChI=1S/C14H7F6N5O2S/c15-8-4-10(17)9(16)3-7(8)12-23-13(14(18,19)20)24-25(12)11-2-1-6(5-22-11)28(21,26)27/h1-5H,(H2,21,26,27). The van der Waals surface area contributed by atoms with Gasteiger partial charge in [-0.3, -0.25) is 0 Å². The Hall–Kier alpha value is -3.00. The Morgan fingerprint density at radius 1 is 1.00 bits per heavy atom. The molecule has 7 nitrogen and oxygen atoms in total. The number of pyridine rings is 1. The van der Waals surface area contributed by atoms with Gasteiger partial charge in [-0.2, -0.15) is 17.9 Å². The number of alkyl halides is 3. The Bertz CT molecular complexity index is 1160. The molecule has 0 aliphatic carbocycles. The van der Waals surface area contributed by atoms with Crippen LogP contribution >= 0.6 is 0 Å². The summed E-state index contributed by atoms with van der Waals surface area (Å²) in [6, 6.07) is 2.28. The number of primary sulfonamides is 1. The fraction of sp³-hybridized carbons (Fsp3) is 0.0714. The second-order valence-electron chi connectivity index (χ2n) is 5.31. The van der Waals surface area contributed by atoms with E-state index in [9.17, 15) is 34.8 Å². The van der Waals surface area contributed by atoms with Crippen LogP contribution in [0.15, 0.2) is 35.4 Å². The first-order valence-corrected chi connectivity index (χ1v) is 8.61. The molecule has 3 rings (SSSR count). The van der Waals surface area contributed by atoms with E-state index in [1.807, 2.05) is 0 Å². The number of nitrogens with two attached hydrogens (primary N) is 1. The highest BCUT2D eigenvalue weighted by atomic mass is 32.2. The van der Waals surface area contributed by atoms with Crippen molar-refractivity contribution in [2.24, 2.45) is 5.14 Å². The molecule has 0 saturated carbocycles. The number of hydrogen-bond acceptors (Lipinski definition) is 5. The molecule has 2 N–H and O–H groups in total. The van der Waals surface area contributed by atoms with Crippen molar-refractivity contribution in [2.45, 2.75) is 11.1 Å². The molecular weight excluding hydrogens is 416 g/mol. The molecule has 3 aromatic rings. The van der Waals surface area contributed by atoms with E-state index in [2.05, 4.69) is 15.1 Å². The first-order valence-electron chi connectivity index (χ1n) is 7.06. The Balaban J connectivity index is 2.24. The summed E-state index contributed by atoms with van der Waals surface area (Å²) in [5.41, 5.74) is -0.820. The number of aromatic nitrogens is 4. The summed E-state index contributed by atoms with van der Waals surface area (Å²) in [7, 11) is -4.14. The number of hydrogen-bond donors (Lipinski definition) is 1. The summed E-state index contributed by atoms with van der Waals surface area (Å²) in [5.74, 6) is -7.43.